The highest BCUT2D eigenvalue weighted by atomic mass is 16.7. The topological polar surface area (TPSA) is 51.2 Å². The van der Waals surface area contributed by atoms with Crippen molar-refractivity contribution in [2.24, 2.45) is 0 Å². The fraction of sp³-hybridized carbons (Fsp3) is 0.562. The average Bonchev–Trinajstić information content (AvgIpc) is 2.97. The van der Waals surface area contributed by atoms with Crippen molar-refractivity contribution in [2.75, 3.05) is 46.6 Å². The molecule has 22 heavy (non-hydrogen) atoms. The summed E-state index contributed by atoms with van der Waals surface area (Å²) >= 11 is 0. The van der Waals surface area contributed by atoms with Gasteiger partial charge in [0.2, 0.25) is 6.79 Å². The molecule has 0 bridgehead atoms. The number of fused-ring (bicyclic) bond motifs is 1. The molecule has 0 amide bonds. The Labute approximate surface area is 130 Å². The van der Waals surface area contributed by atoms with Gasteiger partial charge in [0.25, 0.3) is 0 Å². The highest BCUT2D eigenvalue weighted by Crippen LogP contribution is 2.32. The molecule has 3 rings (SSSR count). The van der Waals surface area contributed by atoms with Gasteiger partial charge in [-0.1, -0.05) is 0 Å². The van der Waals surface area contributed by atoms with Crippen molar-refractivity contribution in [1.29, 1.82) is 0 Å². The molecule has 6 heteroatoms. The Kier molecular flexibility index (Phi) is 4.49. The first-order valence-electron chi connectivity index (χ1n) is 7.63. The number of nitrogens with zero attached hydrogens (tertiary/aromatic N) is 2. The van der Waals surface area contributed by atoms with Crippen molar-refractivity contribution >= 4 is 5.97 Å². The third-order valence-corrected chi connectivity index (χ3v) is 4.03. The molecule has 1 unspecified atom stereocenters. The molecular weight excluding hydrogens is 284 g/mol. The zero-order chi connectivity index (χ0) is 15.5. The summed E-state index contributed by atoms with van der Waals surface area (Å²) < 4.78 is 16.1. The second kappa shape index (κ2) is 6.54. The Morgan fingerprint density at radius 3 is 2.73 bits per heavy atom. The van der Waals surface area contributed by atoms with E-state index >= 15 is 0 Å². The Morgan fingerprint density at radius 1 is 1.23 bits per heavy atom. The van der Waals surface area contributed by atoms with Crippen LogP contribution in [0.4, 0.5) is 0 Å². The predicted octanol–water partition coefficient (Wildman–Crippen LogP) is 1.21. The van der Waals surface area contributed by atoms with Gasteiger partial charge in [0.05, 0.1) is 5.56 Å². The molecule has 1 aromatic rings. The minimum atomic E-state index is -0.320. The summed E-state index contributed by atoms with van der Waals surface area (Å²) in [6, 6.07) is 5.12. The zero-order valence-electron chi connectivity index (χ0n) is 13.1. The molecule has 0 N–H and O–H groups in total. The van der Waals surface area contributed by atoms with E-state index in [4.69, 9.17) is 14.2 Å². The number of piperazine rings is 1. The minimum Gasteiger partial charge on any atom is -0.458 e. The molecule has 6 nitrogen and oxygen atoms in total. The van der Waals surface area contributed by atoms with Crippen molar-refractivity contribution in [3.63, 3.8) is 0 Å². The molecule has 0 aliphatic carbocycles. The van der Waals surface area contributed by atoms with Crippen molar-refractivity contribution in [3.8, 4) is 11.5 Å². The molecule has 1 aromatic carbocycles. The van der Waals surface area contributed by atoms with E-state index in [9.17, 15) is 4.79 Å². The number of carbonyl (C=O) groups is 1. The second-order valence-corrected chi connectivity index (χ2v) is 5.89. The fourth-order valence-electron chi connectivity index (χ4n) is 2.71. The highest BCUT2D eigenvalue weighted by Gasteiger charge is 2.21. The normalized spacial score (nSPS) is 19.9. The van der Waals surface area contributed by atoms with Crippen LogP contribution in [0.2, 0.25) is 0 Å². The summed E-state index contributed by atoms with van der Waals surface area (Å²) in [5.74, 6) is 0.947. The monoisotopic (exact) mass is 306 g/mol. The van der Waals surface area contributed by atoms with E-state index in [1.165, 1.54) is 0 Å². The van der Waals surface area contributed by atoms with Gasteiger partial charge in [0, 0.05) is 32.7 Å². The molecule has 2 heterocycles. The van der Waals surface area contributed by atoms with Crippen LogP contribution < -0.4 is 9.47 Å². The summed E-state index contributed by atoms with van der Waals surface area (Å²) in [6.45, 7) is 7.05. The quantitative estimate of drug-likeness (QED) is 0.779. The first-order valence-corrected chi connectivity index (χ1v) is 7.63. The van der Waals surface area contributed by atoms with Gasteiger partial charge in [-0.25, -0.2) is 4.79 Å². The van der Waals surface area contributed by atoms with Crippen molar-refractivity contribution in [3.05, 3.63) is 23.8 Å². The number of benzene rings is 1. The lowest BCUT2D eigenvalue weighted by atomic mass is 10.2. The molecule has 2 aliphatic rings. The summed E-state index contributed by atoms with van der Waals surface area (Å²) in [4.78, 5) is 16.8. The van der Waals surface area contributed by atoms with Crippen LogP contribution in [0.25, 0.3) is 0 Å². The fourth-order valence-corrected chi connectivity index (χ4v) is 2.71. The van der Waals surface area contributed by atoms with E-state index in [1.54, 1.807) is 18.2 Å². The highest BCUT2D eigenvalue weighted by molar-refractivity contribution is 5.90. The molecule has 0 aromatic heterocycles. The summed E-state index contributed by atoms with van der Waals surface area (Å²) in [5, 5.41) is 0. The number of esters is 1. The van der Waals surface area contributed by atoms with Crippen LogP contribution in [0.5, 0.6) is 11.5 Å². The largest absolute Gasteiger partial charge is 0.458 e. The number of likely N-dealkylation sites (N-methyl/N-ethyl adjacent to an activating group) is 1. The molecule has 0 saturated carbocycles. The van der Waals surface area contributed by atoms with Gasteiger partial charge < -0.3 is 19.1 Å². The van der Waals surface area contributed by atoms with Crippen LogP contribution >= 0.6 is 0 Å². The van der Waals surface area contributed by atoms with Crippen LogP contribution in [-0.2, 0) is 4.74 Å². The third kappa shape index (κ3) is 3.51. The van der Waals surface area contributed by atoms with E-state index in [-0.39, 0.29) is 18.9 Å². The summed E-state index contributed by atoms with van der Waals surface area (Å²) in [7, 11) is 2.13. The van der Waals surface area contributed by atoms with Crippen LogP contribution in [0.1, 0.15) is 17.3 Å². The van der Waals surface area contributed by atoms with Gasteiger partial charge in [0.15, 0.2) is 11.5 Å². The maximum atomic E-state index is 12.2. The zero-order valence-corrected chi connectivity index (χ0v) is 13.1. The molecule has 0 radical (unpaired) electrons. The van der Waals surface area contributed by atoms with Gasteiger partial charge in [-0.15, -0.1) is 0 Å². The minimum absolute atomic E-state index is 0.138. The SMILES string of the molecule is CC(CN1CCN(C)CC1)OC(=O)c1ccc2c(c1)OCO2. The van der Waals surface area contributed by atoms with Crippen molar-refractivity contribution in [1.82, 2.24) is 9.80 Å². The first kappa shape index (κ1) is 15.1. The Morgan fingerprint density at radius 2 is 1.95 bits per heavy atom. The molecule has 0 spiro atoms. The molecule has 1 atom stereocenters. The maximum Gasteiger partial charge on any atom is 0.338 e. The van der Waals surface area contributed by atoms with E-state index in [0.29, 0.717) is 17.1 Å². The van der Waals surface area contributed by atoms with Crippen LogP contribution in [-0.4, -0.2) is 68.4 Å². The predicted molar refractivity (Wildman–Crippen MR) is 81.4 cm³/mol. The third-order valence-electron chi connectivity index (χ3n) is 4.03. The Bertz CT molecular complexity index is 541. The van der Waals surface area contributed by atoms with Crippen molar-refractivity contribution in [2.45, 2.75) is 13.0 Å². The van der Waals surface area contributed by atoms with E-state index in [1.807, 2.05) is 6.92 Å². The molecule has 120 valence electrons. The molecule has 1 fully saturated rings. The van der Waals surface area contributed by atoms with Gasteiger partial charge in [-0.3, -0.25) is 4.90 Å². The lowest BCUT2D eigenvalue weighted by molar-refractivity contribution is 0.0207. The van der Waals surface area contributed by atoms with Gasteiger partial charge in [-0.05, 0) is 32.2 Å². The second-order valence-electron chi connectivity index (χ2n) is 5.89. The number of hydrogen-bond donors (Lipinski definition) is 0. The Hall–Kier alpha value is -1.79. The van der Waals surface area contributed by atoms with Gasteiger partial charge in [-0.2, -0.15) is 0 Å². The first-order chi connectivity index (χ1) is 10.6. The van der Waals surface area contributed by atoms with Crippen LogP contribution in [0, 0.1) is 0 Å². The van der Waals surface area contributed by atoms with Crippen molar-refractivity contribution < 1.29 is 19.0 Å². The van der Waals surface area contributed by atoms with E-state index in [0.717, 1.165) is 32.7 Å². The number of ether oxygens (including phenoxy) is 3. The van der Waals surface area contributed by atoms with Crippen LogP contribution in [0.15, 0.2) is 18.2 Å². The number of hydrogen-bond acceptors (Lipinski definition) is 6. The van der Waals surface area contributed by atoms with E-state index in [2.05, 4.69) is 16.8 Å². The lowest BCUT2D eigenvalue weighted by Gasteiger charge is -2.33. The molecule has 1 saturated heterocycles. The number of carbonyl (C=O) groups excluding carboxylic acids is 1. The smallest absolute Gasteiger partial charge is 0.338 e. The lowest BCUT2D eigenvalue weighted by Crippen LogP contribution is -2.47. The van der Waals surface area contributed by atoms with E-state index < -0.39 is 0 Å². The van der Waals surface area contributed by atoms with Crippen LogP contribution in [0.3, 0.4) is 0 Å². The average molecular weight is 306 g/mol. The standard InChI is InChI=1S/C16H22N2O4/c1-12(10-18-7-5-17(2)6-8-18)22-16(19)13-3-4-14-15(9-13)21-11-20-14/h3-4,9,12H,5-8,10-11H2,1-2H3. The maximum absolute atomic E-state index is 12.2. The summed E-state index contributed by atoms with van der Waals surface area (Å²) in [5.41, 5.74) is 0.495. The number of rotatable bonds is 4. The molecular formula is C16H22N2O4. The van der Waals surface area contributed by atoms with Gasteiger partial charge >= 0.3 is 5.97 Å². The molecule has 2 aliphatic heterocycles. The summed E-state index contributed by atoms with van der Waals surface area (Å²) in [6.07, 6.45) is -0.138. The van der Waals surface area contributed by atoms with Gasteiger partial charge in [0.1, 0.15) is 6.10 Å². The Balaban J connectivity index is 1.52.